The molecule has 0 radical (unpaired) electrons. The first-order valence-electron chi connectivity index (χ1n) is 9.19. The number of allylic oxidation sites excluding steroid dienone is 3. The summed E-state index contributed by atoms with van der Waals surface area (Å²) in [5, 5.41) is 19.8. The normalized spacial score (nSPS) is 48.7. The zero-order chi connectivity index (χ0) is 16.4. The summed E-state index contributed by atoms with van der Waals surface area (Å²) in [6, 6.07) is 0. The van der Waals surface area contributed by atoms with Gasteiger partial charge in [-0.15, -0.1) is 0 Å². The molecule has 0 aromatic carbocycles. The molecule has 0 heterocycles. The maximum atomic E-state index is 11.3. The van der Waals surface area contributed by atoms with Crippen LogP contribution in [0.2, 0.25) is 0 Å². The molecule has 4 rings (SSSR count). The van der Waals surface area contributed by atoms with E-state index in [0.29, 0.717) is 29.7 Å². The molecule has 3 nitrogen and oxygen atoms in total. The number of aliphatic carboxylic acids is 1. The van der Waals surface area contributed by atoms with E-state index >= 15 is 0 Å². The van der Waals surface area contributed by atoms with Gasteiger partial charge in [0.1, 0.15) is 0 Å². The van der Waals surface area contributed by atoms with Gasteiger partial charge in [0.25, 0.3) is 0 Å². The van der Waals surface area contributed by atoms with Gasteiger partial charge in [-0.2, -0.15) is 0 Å². The van der Waals surface area contributed by atoms with Gasteiger partial charge < -0.3 is 10.2 Å². The lowest BCUT2D eigenvalue weighted by atomic mass is 9.48. The number of hydrogen-bond acceptors (Lipinski definition) is 2. The summed E-state index contributed by atoms with van der Waals surface area (Å²) in [5.41, 5.74) is 2.09. The highest BCUT2D eigenvalue weighted by Crippen LogP contribution is 2.64. The first kappa shape index (κ1) is 15.4. The van der Waals surface area contributed by atoms with Crippen LogP contribution >= 0.6 is 0 Å². The van der Waals surface area contributed by atoms with Gasteiger partial charge in [-0.3, -0.25) is 0 Å². The van der Waals surface area contributed by atoms with Crippen LogP contribution in [0.4, 0.5) is 0 Å². The molecule has 3 heteroatoms. The molecule has 0 aliphatic heterocycles. The van der Waals surface area contributed by atoms with Crippen molar-refractivity contribution in [1.29, 1.82) is 0 Å². The lowest BCUT2D eigenvalue weighted by molar-refractivity contribution is -0.133. The van der Waals surface area contributed by atoms with Gasteiger partial charge in [0, 0.05) is 5.57 Å². The highest BCUT2D eigenvalue weighted by molar-refractivity contribution is 5.87. The number of fused-ring (bicyclic) bond motifs is 5. The molecule has 126 valence electrons. The van der Waals surface area contributed by atoms with Crippen molar-refractivity contribution >= 4 is 5.97 Å². The maximum Gasteiger partial charge on any atom is 0.331 e. The van der Waals surface area contributed by atoms with Crippen LogP contribution in [0.15, 0.2) is 23.3 Å². The minimum absolute atomic E-state index is 0.111. The predicted octanol–water partition coefficient (Wildman–Crippen LogP) is 3.93. The maximum absolute atomic E-state index is 11.3. The van der Waals surface area contributed by atoms with E-state index in [1.54, 1.807) is 0 Å². The van der Waals surface area contributed by atoms with Crippen LogP contribution < -0.4 is 0 Å². The van der Waals surface area contributed by atoms with Crippen molar-refractivity contribution in [3.05, 3.63) is 23.3 Å². The van der Waals surface area contributed by atoms with Crippen LogP contribution in [-0.4, -0.2) is 22.3 Å². The molecule has 0 amide bonds. The van der Waals surface area contributed by atoms with E-state index in [0.717, 1.165) is 32.1 Å². The number of aliphatic hydroxyl groups excluding tert-OH is 1. The predicted molar refractivity (Wildman–Crippen MR) is 88.8 cm³/mol. The van der Waals surface area contributed by atoms with Crippen molar-refractivity contribution in [3.63, 3.8) is 0 Å². The van der Waals surface area contributed by atoms with Gasteiger partial charge in [0.2, 0.25) is 0 Å². The Kier molecular flexibility index (Phi) is 3.32. The van der Waals surface area contributed by atoms with Crippen LogP contribution in [0, 0.1) is 28.6 Å². The Labute approximate surface area is 138 Å². The molecule has 0 spiro atoms. The number of carbonyl (C=O) groups is 1. The quantitative estimate of drug-likeness (QED) is 0.770. The fraction of sp³-hybridized carbons (Fsp3) is 0.750. The van der Waals surface area contributed by atoms with E-state index in [1.165, 1.54) is 12.0 Å². The van der Waals surface area contributed by atoms with Crippen LogP contribution in [0.1, 0.15) is 58.8 Å². The van der Waals surface area contributed by atoms with Crippen molar-refractivity contribution in [3.8, 4) is 0 Å². The Hall–Kier alpha value is -1.09. The molecule has 0 aromatic heterocycles. The Balaban J connectivity index is 1.70. The van der Waals surface area contributed by atoms with Gasteiger partial charge in [-0.25, -0.2) is 4.79 Å². The number of aliphatic hydroxyl groups is 1. The van der Waals surface area contributed by atoms with E-state index < -0.39 is 5.97 Å². The molecule has 4 aliphatic carbocycles. The zero-order valence-corrected chi connectivity index (χ0v) is 14.2. The minimum atomic E-state index is -0.759. The average Bonchev–Trinajstić information content (AvgIpc) is 2.82. The summed E-state index contributed by atoms with van der Waals surface area (Å²) in [5.74, 6) is 1.19. The standard InChI is InChI=1S/C20H28O3/c1-19-9-7-12(18(22)23)11-13(19)3-4-14-15-5-6-17(21)20(15,2)10-8-16(14)19/h3,11,14-17,21H,4-10H2,1-2H3,(H,22,23)/t14-,15-,16+,17?,19-,20-/m0/s1. The molecule has 2 N–H and O–H groups in total. The van der Waals surface area contributed by atoms with Crippen molar-refractivity contribution in [2.24, 2.45) is 28.6 Å². The van der Waals surface area contributed by atoms with Gasteiger partial charge in [0.05, 0.1) is 6.10 Å². The number of rotatable bonds is 1. The Morgan fingerprint density at radius 2 is 1.96 bits per heavy atom. The number of carboxylic acids is 1. The summed E-state index contributed by atoms with van der Waals surface area (Å²) in [6.45, 7) is 4.66. The molecule has 0 saturated heterocycles. The first-order valence-corrected chi connectivity index (χ1v) is 9.19. The second kappa shape index (κ2) is 4.95. The molecule has 2 saturated carbocycles. The summed E-state index contributed by atoms with van der Waals surface area (Å²) in [4.78, 5) is 11.3. The molecule has 6 atom stereocenters. The van der Waals surface area contributed by atoms with Gasteiger partial charge in [-0.05, 0) is 85.2 Å². The van der Waals surface area contributed by atoms with Crippen molar-refractivity contribution in [2.75, 3.05) is 0 Å². The number of carboxylic acid groups (broad SMARTS) is 1. The largest absolute Gasteiger partial charge is 0.478 e. The molecule has 0 bridgehead atoms. The van der Waals surface area contributed by atoms with Crippen LogP contribution in [0.5, 0.6) is 0 Å². The smallest absolute Gasteiger partial charge is 0.331 e. The molecule has 4 aliphatic rings. The highest BCUT2D eigenvalue weighted by Gasteiger charge is 2.58. The zero-order valence-electron chi connectivity index (χ0n) is 14.2. The van der Waals surface area contributed by atoms with Gasteiger partial charge >= 0.3 is 5.97 Å². The van der Waals surface area contributed by atoms with Crippen molar-refractivity contribution in [1.82, 2.24) is 0 Å². The van der Waals surface area contributed by atoms with Crippen molar-refractivity contribution in [2.45, 2.75) is 64.9 Å². The van der Waals surface area contributed by atoms with E-state index in [1.807, 2.05) is 6.08 Å². The van der Waals surface area contributed by atoms with E-state index in [-0.39, 0.29) is 16.9 Å². The van der Waals surface area contributed by atoms with E-state index in [9.17, 15) is 15.0 Å². The monoisotopic (exact) mass is 316 g/mol. The SMILES string of the molecule is C[C@]12CCC(C(=O)O)=CC1=CC[C@@H]1[C@H]2CC[C@]2(C)C(O)CC[C@@H]12. The van der Waals surface area contributed by atoms with Crippen LogP contribution in [0.3, 0.4) is 0 Å². The molecular weight excluding hydrogens is 288 g/mol. The molecule has 2 fully saturated rings. The van der Waals surface area contributed by atoms with E-state index in [4.69, 9.17) is 0 Å². The fourth-order valence-electron chi connectivity index (χ4n) is 6.47. The summed E-state index contributed by atoms with van der Waals surface area (Å²) in [7, 11) is 0. The van der Waals surface area contributed by atoms with E-state index in [2.05, 4.69) is 19.9 Å². The first-order chi connectivity index (χ1) is 10.9. The molecule has 0 aromatic rings. The fourth-order valence-corrected chi connectivity index (χ4v) is 6.47. The van der Waals surface area contributed by atoms with Gasteiger partial charge in [0.15, 0.2) is 0 Å². The Morgan fingerprint density at radius 1 is 1.17 bits per heavy atom. The second-order valence-corrected chi connectivity index (χ2v) is 8.80. The summed E-state index contributed by atoms with van der Waals surface area (Å²) < 4.78 is 0. The molecule has 23 heavy (non-hydrogen) atoms. The Bertz CT molecular complexity index is 604. The third-order valence-corrected chi connectivity index (χ3v) is 7.99. The lowest BCUT2D eigenvalue weighted by Gasteiger charge is -2.56. The topological polar surface area (TPSA) is 57.5 Å². The van der Waals surface area contributed by atoms with Gasteiger partial charge in [-0.1, -0.05) is 19.9 Å². The third kappa shape index (κ3) is 2.02. The van der Waals surface area contributed by atoms with Crippen LogP contribution in [-0.2, 0) is 4.79 Å². The molecular formula is C20H28O3. The second-order valence-electron chi connectivity index (χ2n) is 8.80. The minimum Gasteiger partial charge on any atom is -0.478 e. The number of hydrogen-bond donors (Lipinski definition) is 2. The van der Waals surface area contributed by atoms with Crippen LogP contribution in [0.25, 0.3) is 0 Å². The Morgan fingerprint density at radius 3 is 2.70 bits per heavy atom. The third-order valence-electron chi connectivity index (χ3n) is 7.99. The average molecular weight is 316 g/mol. The summed E-state index contributed by atoms with van der Waals surface area (Å²) in [6.07, 6.45) is 11.3. The van der Waals surface area contributed by atoms with Crippen molar-refractivity contribution < 1.29 is 15.0 Å². The highest BCUT2D eigenvalue weighted by atomic mass is 16.4. The lowest BCUT2D eigenvalue weighted by Crippen LogP contribution is -2.50. The molecule has 1 unspecified atom stereocenters. The summed E-state index contributed by atoms with van der Waals surface area (Å²) >= 11 is 0.